The minimum Gasteiger partial charge on any atom is -0.393 e. The number of likely N-dealkylation sites (tertiary alicyclic amines) is 1. The van der Waals surface area contributed by atoms with E-state index in [4.69, 9.17) is 0 Å². The van der Waals surface area contributed by atoms with Gasteiger partial charge in [-0.25, -0.2) is 8.42 Å². The zero-order valence-corrected chi connectivity index (χ0v) is 12.5. The van der Waals surface area contributed by atoms with E-state index in [1.54, 1.807) is 6.92 Å². The third kappa shape index (κ3) is 5.67. The molecule has 108 valence electrons. The van der Waals surface area contributed by atoms with Crippen LogP contribution in [0.5, 0.6) is 0 Å². The molecule has 1 saturated heterocycles. The Kier molecular flexibility index (Phi) is 6.60. The van der Waals surface area contributed by atoms with Crippen LogP contribution in [0.3, 0.4) is 0 Å². The molecular formula is C13H27NO3S. The lowest BCUT2D eigenvalue weighted by atomic mass is 9.97. The van der Waals surface area contributed by atoms with Crippen LogP contribution >= 0.6 is 0 Å². The Morgan fingerprint density at radius 2 is 2.06 bits per heavy atom. The summed E-state index contributed by atoms with van der Waals surface area (Å²) in [5.74, 6) is 0.555. The molecule has 5 heteroatoms. The van der Waals surface area contributed by atoms with Crippen LogP contribution in [-0.2, 0) is 9.84 Å². The first-order chi connectivity index (χ1) is 8.44. The molecule has 0 aromatic carbocycles. The van der Waals surface area contributed by atoms with Gasteiger partial charge in [0.05, 0.1) is 11.9 Å². The lowest BCUT2D eigenvalue weighted by molar-refractivity contribution is 0.0914. The van der Waals surface area contributed by atoms with Gasteiger partial charge < -0.3 is 5.11 Å². The number of sulfone groups is 1. The molecule has 18 heavy (non-hydrogen) atoms. The third-order valence-corrected chi connectivity index (χ3v) is 5.40. The molecule has 0 bridgehead atoms. The summed E-state index contributed by atoms with van der Waals surface area (Å²) >= 11 is 0. The van der Waals surface area contributed by atoms with Crippen molar-refractivity contribution in [2.75, 3.05) is 24.6 Å². The van der Waals surface area contributed by atoms with Gasteiger partial charge in [-0.1, -0.05) is 13.3 Å². The molecule has 0 aromatic heterocycles. The maximum atomic E-state index is 11.7. The monoisotopic (exact) mass is 277 g/mol. The second-order valence-corrected chi connectivity index (χ2v) is 7.73. The highest BCUT2D eigenvalue weighted by atomic mass is 32.2. The Morgan fingerprint density at radius 1 is 1.33 bits per heavy atom. The van der Waals surface area contributed by atoms with Gasteiger partial charge in [-0.15, -0.1) is 0 Å². The topological polar surface area (TPSA) is 57.6 Å². The molecule has 0 aromatic rings. The van der Waals surface area contributed by atoms with Gasteiger partial charge in [-0.2, -0.15) is 0 Å². The number of hydrogen-bond acceptors (Lipinski definition) is 4. The normalized spacial score (nSPS) is 24.1. The minimum atomic E-state index is -2.89. The molecule has 1 N–H and O–H groups in total. The van der Waals surface area contributed by atoms with Crippen LogP contribution in [0.1, 0.15) is 46.0 Å². The average molecular weight is 277 g/mol. The predicted octanol–water partition coefficient (Wildman–Crippen LogP) is 1.44. The molecule has 2 atom stereocenters. The van der Waals surface area contributed by atoms with Crippen molar-refractivity contribution in [1.29, 1.82) is 0 Å². The fourth-order valence-electron chi connectivity index (χ4n) is 2.68. The Balaban J connectivity index is 2.47. The minimum absolute atomic E-state index is 0.261. The van der Waals surface area contributed by atoms with E-state index in [0.717, 1.165) is 25.8 Å². The van der Waals surface area contributed by atoms with Crippen LogP contribution in [0, 0.1) is 0 Å². The number of hydrogen-bond donors (Lipinski definition) is 1. The summed E-state index contributed by atoms with van der Waals surface area (Å²) < 4.78 is 23.5. The van der Waals surface area contributed by atoms with E-state index in [9.17, 15) is 13.5 Å². The molecule has 1 fully saturated rings. The average Bonchev–Trinajstić information content (AvgIpc) is 2.27. The number of rotatable bonds is 7. The summed E-state index contributed by atoms with van der Waals surface area (Å²) in [4.78, 5) is 2.25. The summed E-state index contributed by atoms with van der Waals surface area (Å²) in [5, 5.41) is 9.49. The van der Waals surface area contributed by atoms with Crippen molar-refractivity contribution in [3.8, 4) is 0 Å². The van der Waals surface area contributed by atoms with Crippen molar-refractivity contribution >= 4 is 9.84 Å². The van der Waals surface area contributed by atoms with E-state index in [1.807, 2.05) is 6.92 Å². The second-order valence-electron chi connectivity index (χ2n) is 5.42. The van der Waals surface area contributed by atoms with Gasteiger partial charge in [0.1, 0.15) is 0 Å². The van der Waals surface area contributed by atoms with Crippen LogP contribution in [0.15, 0.2) is 0 Å². The van der Waals surface area contributed by atoms with E-state index in [-0.39, 0.29) is 11.9 Å². The predicted molar refractivity (Wildman–Crippen MR) is 74.5 cm³/mol. The van der Waals surface area contributed by atoms with Crippen molar-refractivity contribution < 1.29 is 13.5 Å². The zero-order valence-electron chi connectivity index (χ0n) is 11.6. The summed E-state index contributed by atoms with van der Waals surface area (Å²) in [6, 6.07) is 0.357. The molecule has 1 rings (SSSR count). The van der Waals surface area contributed by atoms with Crippen LogP contribution in [-0.4, -0.2) is 55.2 Å². The summed E-state index contributed by atoms with van der Waals surface area (Å²) in [5.41, 5.74) is 0. The highest BCUT2D eigenvalue weighted by Gasteiger charge is 2.24. The van der Waals surface area contributed by atoms with Crippen molar-refractivity contribution in [1.82, 2.24) is 4.90 Å². The smallest absolute Gasteiger partial charge is 0.151 e. The second kappa shape index (κ2) is 7.46. The number of piperidine rings is 1. The van der Waals surface area contributed by atoms with Gasteiger partial charge in [0.2, 0.25) is 0 Å². The fraction of sp³-hybridized carbons (Fsp3) is 1.00. The van der Waals surface area contributed by atoms with Crippen molar-refractivity contribution in [3.05, 3.63) is 0 Å². The van der Waals surface area contributed by atoms with Gasteiger partial charge in [-0.3, -0.25) is 4.90 Å². The Bertz CT molecular complexity index is 327. The first kappa shape index (κ1) is 15.9. The largest absolute Gasteiger partial charge is 0.393 e. The molecule has 4 nitrogen and oxygen atoms in total. The first-order valence-corrected chi connectivity index (χ1v) is 8.89. The standard InChI is InChI=1S/C13H27NO3S/c1-3-9-18(16,17)10-8-14-7-5-4-6-13(14)11-12(2)15/h12-13,15H,3-11H2,1-2H3. The van der Waals surface area contributed by atoms with Gasteiger partial charge in [-0.05, 0) is 39.2 Å². The SMILES string of the molecule is CCCS(=O)(=O)CCN1CCCCC1CC(C)O. The van der Waals surface area contributed by atoms with Gasteiger partial charge in [0, 0.05) is 18.3 Å². The summed E-state index contributed by atoms with van der Waals surface area (Å²) in [6.45, 7) is 5.30. The van der Waals surface area contributed by atoms with Crippen molar-refractivity contribution in [2.24, 2.45) is 0 Å². The van der Waals surface area contributed by atoms with Gasteiger partial charge in [0.15, 0.2) is 9.84 Å². The quantitative estimate of drug-likeness (QED) is 0.765. The summed E-state index contributed by atoms with van der Waals surface area (Å²) in [6.07, 6.45) is 4.56. The van der Waals surface area contributed by atoms with Gasteiger partial charge in [0.25, 0.3) is 0 Å². The lowest BCUT2D eigenvalue weighted by Crippen LogP contribution is -2.43. The molecular weight excluding hydrogens is 250 g/mol. The number of nitrogens with zero attached hydrogens (tertiary/aromatic N) is 1. The number of aliphatic hydroxyl groups excluding tert-OH is 1. The zero-order chi connectivity index (χ0) is 13.6. The molecule has 0 saturated carbocycles. The van der Waals surface area contributed by atoms with Crippen LogP contribution in [0.2, 0.25) is 0 Å². The third-order valence-electron chi connectivity index (χ3n) is 3.57. The maximum absolute atomic E-state index is 11.7. The van der Waals surface area contributed by atoms with E-state index in [0.29, 0.717) is 24.8 Å². The van der Waals surface area contributed by atoms with Crippen LogP contribution in [0.4, 0.5) is 0 Å². The molecule has 2 unspecified atom stereocenters. The molecule has 1 heterocycles. The molecule has 0 amide bonds. The van der Waals surface area contributed by atoms with E-state index in [1.165, 1.54) is 6.42 Å². The Hall–Kier alpha value is -0.130. The lowest BCUT2D eigenvalue weighted by Gasteiger charge is -2.36. The summed E-state index contributed by atoms with van der Waals surface area (Å²) in [7, 11) is -2.89. The van der Waals surface area contributed by atoms with E-state index < -0.39 is 9.84 Å². The van der Waals surface area contributed by atoms with Gasteiger partial charge >= 0.3 is 0 Å². The highest BCUT2D eigenvalue weighted by Crippen LogP contribution is 2.20. The highest BCUT2D eigenvalue weighted by molar-refractivity contribution is 7.91. The molecule has 0 radical (unpaired) electrons. The molecule has 1 aliphatic rings. The molecule has 1 aliphatic heterocycles. The van der Waals surface area contributed by atoms with Crippen molar-refractivity contribution in [2.45, 2.75) is 58.1 Å². The van der Waals surface area contributed by atoms with E-state index in [2.05, 4.69) is 4.90 Å². The Labute approximate surface area is 111 Å². The number of aliphatic hydroxyl groups is 1. The van der Waals surface area contributed by atoms with E-state index >= 15 is 0 Å². The van der Waals surface area contributed by atoms with Crippen molar-refractivity contribution in [3.63, 3.8) is 0 Å². The fourth-order valence-corrected chi connectivity index (χ4v) is 4.02. The molecule has 0 spiro atoms. The van der Waals surface area contributed by atoms with Crippen LogP contribution < -0.4 is 0 Å². The Morgan fingerprint density at radius 3 is 2.67 bits per heavy atom. The molecule has 0 aliphatic carbocycles. The van der Waals surface area contributed by atoms with Crippen LogP contribution in [0.25, 0.3) is 0 Å². The first-order valence-electron chi connectivity index (χ1n) is 7.07. The maximum Gasteiger partial charge on any atom is 0.151 e.